The first-order valence-corrected chi connectivity index (χ1v) is 9.79. The van der Waals surface area contributed by atoms with Crippen LogP contribution in [0.4, 0.5) is 0 Å². The second-order valence-electron chi connectivity index (χ2n) is 5.99. The number of phenols is 2. The molecule has 0 unspecified atom stereocenters. The van der Waals surface area contributed by atoms with E-state index < -0.39 is 0 Å². The number of rotatable bonds is 5. The molecule has 27 heavy (non-hydrogen) atoms. The van der Waals surface area contributed by atoms with E-state index in [2.05, 4.69) is 32.6 Å². The molecule has 5 nitrogen and oxygen atoms in total. The molecular weight excluding hydrogens is 426 g/mol. The Labute approximate surface area is 169 Å². The molecule has 2 N–H and O–H groups in total. The van der Waals surface area contributed by atoms with Crippen molar-refractivity contribution in [2.24, 2.45) is 10.1 Å². The van der Waals surface area contributed by atoms with Crippen LogP contribution in [-0.4, -0.2) is 27.6 Å². The third-order valence-electron chi connectivity index (χ3n) is 3.61. The maximum atomic E-state index is 9.67. The summed E-state index contributed by atoms with van der Waals surface area (Å²) in [5, 5.41) is 25.7. The molecule has 0 aliphatic carbocycles. The monoisotopic (exact) mass is 443 g/mol. The molecule has 138 valence electrons. The number of benzene rings is 2. The van der Waals surface area contributed by atoms with Crippen LogP contribution in [0.25, 0.3) is 11.3 Å². The summed E-state index contributed by atoms with van der Waals surface area (Å²) in [6.07, 6.45) is 1.62. The number of thiazole rings is 1. The van der Waals surface area contributed by atoms with Gasteiger partial charge in [0.15, 0.2) is 11.5 Å². The van der Waals surface area contributed by atoms with E-state index in [0.29, 0.717) is 12.1 Å². The maximum Gasteiger partial charge on any atom is 0.206 e. The average Bonchev–Trinajstić information content (AvgIpc) is 3.04. The first kappa shape index (κ1) is 19.1. The Bertz CT molecular complexity index is 1080. The molecule has 0 spiro atoms. The molecule has 3 aromatic rings. The fourth-order valence-electron chi connectivity index (χ4n) is 2.31. The second-order valence-corrected chi connectivity index (χ2v) is 7.74. The van der Waals surface area contributed by atoms with Crippen molar-refractivity contribution in [3.8, 4) is 22.8 Å². The van der Waals surface area contributed by atoms with Crippen LogP contribution in [0.2, 0.25) is 0 Å². The summed E-state index contributed by atoms with van der Waals surface area (Å²) in [6, 6.07) is 12.5. The third-order valence-corrected chi connectivity index (χ3v) is 4.96. The quantitative estimate of drug-likeness (QED) is 0.339. The lowest BCUT2D eigenvalue weighted by atomic mass is 10.2. The van der Waals surface area contributed by atoms with Crippen molar-refractivity contribution in [3.63, 3.8) is 0 Å². The van der Waals surface area contributed by atoms with E-state index in [4.69, 9.17) is 0 Å². The summed E-state index contributed by atoms with van der Waals surface area (Å²) >= 11 is 5.00. The summed E-state index contributed by atoms with van der Waals surface area (Å²) < 4.78 is 2.74. The minimum Gasteiger partial charge on any atom is -0.504 e. The van der Waals surface area contributed by atoms with Gasteiger partial charge in [-0.2, -0.15) is 5.10 Å². The summed E-state index contributed by atoms with van der Waals surface area (Å²) in [5.74, 6) is -0.351. The van der Waals surface area contributed by atoms with Crippen LogP contribution in [-0.2, 0) is 0 Å². The van der Waals surface area contributed by atoms with Gasteiger partial charge in [-0.05, 0) is 42.8 Å². The molecule has 1 aromatic heterocycles. The number of nitrogens with zero attached hydrogens (tertiary/aromatic N) is 3. The molecule has 2 aromatic carbocycles. The molecule has 0 aliphatic rings. The highest BCUT2D eigenvalue weighted by molar-refractivity contribution is 9.10. The normalized spacial score (nSPS) is 12.0. The highest BCUT2D eigenvalue weighted by Gasteiger charge is 2.08. The van der Waals surface area contributed by atoms with Gasteiger partial charge in [0.1, 0.15) is 0 Å². The van der Waals surface area contributed by atoms with Crippen molar-refractivity contribution in [2.75, 3.05) is 6.54 Å². The van der Waals surface area contributed by atoms with Crippen LogP contribution in [0.1, 0.15) is 12.5 Å². The molecule has 0 radical (unpaired) electrons. The van der Waals surface area contributed by atoms with E-state index in [9.17, 15) is 10.2 Å². The Morgan fingerprint density at radius 3 is 2.74 bits per heavy atom. The molecule has 0 atom stereocenters. The minimum atomic E-state index is -0.186. The van der Waals surface area contributed by atoms with Gasteiger partial charge in [0.2, 0.25) is 4.80 Å². The molecule has 0 saturated heterocycles. The largest absolute Gasteiger partial charge is 0.504 e. The van der Waals surface area contributed by atoms with Gasteiger partial charge in [0.25, 0.3) is 0 Å². The van der Waals surface area contributed by atoms with E-state index >= 15 is 0 Å². The van der Waals surface area contributed by atoms with Crippen molar-refractivity contribution >= 4 is 33.5 Å². The Hall–Kier alpha value is -2.64. The third kappa shape index (κ3) is 4.75. The molecule has 0 aliphatic heterocycles. The predicted octanol–water partition coefficient (Wildman–Crippen LogP) is 4.75. The lowest BCUT2D eigenvalue weighted by Crippen LogP contribution is -2.13. The first-order valence-electron chi connectivity index (χ1n) is 8.12. The summed E-state index contributed by atoms with van der Waals surface area (Å²) in [5.41, 5.74) is 3.53. The zero-order chi connectivity index (χ0) is 19.4. The zero-order valence-electron chi connectivity index (χ0n) is 14.6. The standard InChI is InChI=1S/C20H18BrN3O2S/c1-13(2)10-22-20-24(23-11-14-6-7-18(25)19(26)8-14)17(12-27-20)15-4-3-5-16(21)9-15/h3-9,11-12,25-26H,1,10H2,2H3. The van der Waals surface area contributed by atoms with Gasteiger partial charge in [-0.1, -0.05) is 40.2 Å². The minimum absolute atomic E-state index is 0.165. The van der Waals surface area contributed by atoms with Crippen LogP contribution >= 0.6 is 27.3 Å². The van der Waals surface area contributed by atoms with Crippen molar-refractivity contribution in [3.05, 3.63) is 74.8 Å². The Kier molecular flexibility index (Phi) is 5.93. The van der Waals surface area contributed by atoms with Crippen LogP contribution in [0, 0.1) is 0 Å². The van der Waals surface area contributed by atoms with Gasteiger partial charge in [-0.25, -0.2) is 4.68 Å². The number of aromatic hydroxyl groups is 2. The molecule has 0 saturated carbocycles. The van der Waals surface area contributed by atoms with Crippen molar-refractivity contribution in [1.82, 2.24) is 4.68 Å². The Morgan fingerprint density at radius 1 is 1.22 bits per heavy atom. The Balaban J connectivity index is 2.08. The van der Waals surface area contributed by atoms with Gasteiger partial charge in [-0.3, -0.25) is 4.99 Å². The SMILES string of the molecule is C=C(C)CN=c1scc(-c2cccc(Br)c2)n1N=Cc1ccc(O)c(O)c1. The first-order chi connectivity index (χ1) is 12.9. The number of halogens is 1. The Morgan fingerprint density at radius 2 is 2.04 bits per heavy atom. The number of phenolic OH excluding ortho intramolecular Hbond substituents is 2. The van der Waals surface area contributed by atoms with Crippen LogP contribution in [0.15, 0.2) is 74.6 Å². The van der Waals surface area contributed by atoms with Gasteiger partial charge in [0.05, 0.1) is 18.5 Å². The van der Waals surface area contributed by atoms with E-state index in [-0.39, 0.29) is 11.5 Å². The van der Waals surface area contributed by atoms with E-state index in [1.54, 1.807) is 17.0 Å². The maximum absolute atomic E-state index is 9.67. The topological polar surface area (TPSA) is 70.1 Å². The molecule has 7 heteroatoms. The average molecular weight is 444 g/mol. The molecule has 0 fully saturated rings. The van der Waals surface area contributed by atoms with Crippen LogP contribution in [0.3, 0.4) is 0 Å². The van der Waals surface area contributed by atoms with Crippen LogP contribution < -0.4 is 4.80 Å². The fourth-order valence-corrected chi connectivity index (χ4v) is 3.55. The lowest BCUT2D eigenvalue weighted by Gasteiger charge is -2.04. The van der Waals surface area contributed by atoms with E-state index in [1.165, 1.54) is 23.5 Å². The number of hydrogen-bond acceptors (Lipinski definition) is 5. The highest BCUT2D eigenvalue weighted by atomic mass is 79.9. The molecule has 3 rings (SSSR count). The summed E-state index contributed by atoms with van der Waals surface area (Å²) in [6.45, 7) is 6.34. The molecule has 0 bridgehead atoms. The van der Waals surface area contributed by atoms with Gasteiger partial charge in [0, 0.05) is 15.4 Å². The van der Waals surface area contributed by atoms with E-state index in [1.807, 2.05) is 36.6 Å². The number of hydrogen-bond donors (Lipinski definition) is 2. The fraction of sp³-hybridized carbons (Fsp3) is 0.100. The van der Waals surface area contributed by atoms with E-state index in [0.717, 1.165) is 26.1 Å². The predicted molar refractivity (Wildman–Crippen MR) is 113 cm³/mol. The van der Waals surface area contributed by atoms with Crippen molar-refractivity contribution < 1.29 is 10.2 Å². The van der Waals surface area contributed by atoms with Crippen molar-refractivity contribution in [1.29, 1.82) is 0 Å². The van der Waals surface area contributed by atoms with Crippen molar-refractivity contribution in [2.45, 2.75) is 6.92 Å². The zero-order valence-corrected chi connectivity index (χ0v) is 17.0. The summed E-state index contributed by atoms with van der Waals surface area (Å²) in [7, 11) is 0. The molecule has 1 heterocycles. The smallest absolute Gasteiger partial charge is 0.206 e. The van der Waals surface area contributed by atoms with Crippen LogP contribution in [0.5, 0.6) is 11.5 Å². The number of aromatic nitrogens is 1. The summed E-state index contributed by atoms with van der Waals surface area (Å²) in [4.78, 5) is 5.33. The molecular formula is C20H18BrN3O2S. The lowest BCUT2D eigenvalue weighted by molar-refractivity contribution is 0.403. The van der Waals surface area contributed by atoms with Gasteiger partial charge in [-0.15, -0.1) is 11.3 Å². The van der Waals surface area contributed by atoms with Gasteiger partial charge < -0.3 is 10.2 Å². The van der Waals surface area contributed by atoms with Gasteiger partial charge >= 0.3 is 0 Å². The second kappa shape index (κ2) is 8.37. The molecule has 0 amide bonds. The highest BCUT2D eigenvalue weighted by Crippen LogP contribution is 2.25.